The van der Waals surface area contributed by atoms with E-state index in [9.17, 15) is 9.00 Å². The molecule has 5 nitrogen and oxygen atoms in total. The molecule has 0 aromatic rings. The van der Waals surface area contributed by atoms with Gasteiger partial charge < -0.3 is 15.0 Å². The summed E-state index contributed by atoms with van der Waals surface area (Å²) in [4.78, 5) is 13.4. The van der Waals surface area contributed by atoms with Crippen molar-refractivity contribution in [2.45, 2.75) is 0 Å². The summed E-state index contributed by atoms with van der Waals surface area (Å²) in [5.41, 5.74) is 0. The summed E-state index contributed by atoms with van der Waals surface area (Å²) >= 11 is 0. The van der Waals surface area contributed by atoms with Crippen LogP contribution in [0.25, 0.3) is 0 Å². The van der Waals surface area contributed by atoms with E-state index in [4.69, 9.17) is 4.74 Å². The summed E-state index contributed by atoms with van der Waals surface area (Å²) < 4.78 is 15.9. The number of rotatable bonds is 5. The van der Waals surface area contributed by atoms with Gasteiger partial charge in [0.2, 0.25) is 5.91 Å². The molecule has 1 N–H and O–H groups in total. The lowest BCUT2D eigenvalue weighted by molar-refractivity contribution is -0.129. The molecule has 0 aromatic heterocycles. The number of nitrogens with one attached hydrogen (secondary N) is 1. The smallest absolute Gasteiger partial charge is 0.236 e. The number of carbonyl (C=O) groups excluding carboxylic acids is 1. The van der Waals surface area contributed by atoms with Crippen molar-refractivity contribution in [3.63, 3.8) is 0 Å². The minimum atomic E-state index is -0.720. The van der Waals surface area contributed by atoms with Crippen LogP contribution < -0.4 is 5.32 Å². The van der Waals surface area contributed by atoms with Gasteiger partial charge in [0.05, 0.1) is 13.2 Å². The Morgan fingerprint density at radius 1 is 1.47 bits per heavy atom. The quantitative estimate of drug-likeness (QED) is 0.608. The lowest BCUT2D eigenvalue weighted by Gasteiger charge is -2.26. The van der Waals surface area contributed by atoms with Crippen LogP contribution in [0.3, 0.4) is 0 Å². The van der Waals surface area contributed by atoms with Crippen LogP contribution in [0.4, 0.5) is 0 Å². The fraction of sp³-hybridized carbons (Fsp3) is 0.889. The van der Waals surface area contributed by atoms with E-state index in [1.54, 1.807) is 12.0 Å². The maximum Gasteiger partial charge on any atom is 0.236 e. The number of methoxy groups -OCH3 is 1. The predicted octanol–water partition coefficient (Wildman–Crippen LogP) is -1.19. The first-order valence-electron chi connectivity index (χ1n) is 5.06. The molecule has 0 aliphatic carbocycles. The highest BCUT2D eigenvalue weighted by Gasteiger charge is 2.19. The van der Waals surface area contributed by atoms with E-state index in [0.717, 1.165) is 0 Å². The molecular formula is C9H18N2O3S. The van der Waals surface area contributed by atoms with Crippen molar-refractivity contribution >= 4 is 16.7 Å². The maximum atomic E-state index is 11.6. The zero-order valence-corrected chi connectivity index (χ0v) is 9.85. The molecule has 88 valence electrons. The number of hydrogen-bond acceptors (Lipinski definition) is 4. The van der Waals surface area contributed by atoms with Crippen molar-refractivity contribution in [2.75, 3.05) is 51.4 Å². The number of carbonyl (C=O) groups is 1. The molecule has 15 heavy (non-hydrogen) atoms. The first kappa shape index (κ1) is 12.6. The Morgan fingerprint density at radius 3 is 2.73 bits per heavy atom. The maximum absolute atomic E-state index is 11.6. The Bertz CT molecular complexity index is 225. The molecular weight excluding hydrogens is 216 g/mol. The molecule has 6 heteroatoms. The van der Waals surface area contributed by atoms with Gasteiger partial charge in [-0.1, -0.05) is 0 Å². The Hall–Kier alpha value is -0.460. The van der Waals surface area contributed by atoms with Gasteiger partial charge in [0.25, 0.3) is 0 Å². The average Bonchev–Trinajstić information content (AvgIpc) is 2.25. The lowest BCUT2D eigenvalue weighted by atomic mass is 10.4. The Morgan fingerprint density at radius 2 is 2.13 bits per heavy atom. The third-order valence-corrected chi connectivity index (χ3v) is 3.57. The van der Waals surface area contributed by atoms with Gasteiger partial charge in [-0.25, -0.2) is 0 Å². The van der Waals surface area contributed by atoms with E-state index >= 15 is 0 Å². The Labute approximate surface area is 92.6 Å². The van der Waals surface area contributed by atoms with E-state index in [1.165, 1.54) is 0 Å². The summed E-state index contributed by atoms with van der Waals surface area (Å²) in [7, 11) is 0.908. The number of hydrogen-bond donors (Lipinski definition) is 1. The van der Waals surface area contributed by atoms with Crippen LogP contribution in [0, 0.1) is 0 Å². The average molecular weight is 234 g/mol. The summed E-state index contributed by atoms with van der Waals surface area (Å²) in [5.74, 6) is 1.32. The van der Waals surface area contributed by atoms with Crippen LogP contribution in [-0.2, 0) is 20.3 Å². The van der Waals surface area contributed by atoms with Gasteiger partial charge in [-0.3, -0.25) is 9.00 Å². The van der Waals surface area contributed by atoms with Gasteiger partial charge in [-0.05, 0) is 0 Å². The van der Waals surface area contributed by atoms with Gasteiger partial charge in [0.15, 0.2) is 0 Å². The number of nitrogens with zero attached hydrogens (tertiary/aromatic N) is 1. The number of ether oxygens (including phenoxy) is 1. The second-order valence-corrected chi connectivity index (χ2v) is 5.09. The van der Waals surface area contributed by atoms with E-state index in [-0.39, 0.29) is 5.91 Å². The lowest BCUT2D eigenvalue weighted by Crippen LogP contribution is -2.45. The molecule has 1 heterocycles. The van der Waals surface area contributed by atoms with E-state index in [2.05, 4.69) is 5.32 Å². The monoisotopic (exact) mass is 234 g/mol. The zero-order chi connectivity index (χ0) is 11.1. The third kappa shape index (κ3) is 4.72. The summed E-state index contributed by atoms with van der Waals surface area (Å²) in [5, 5.41) is 3.00. The van der Waals surface area contributed by atoms with Gasteiger partial charge in [0, 0.05) is 49.0 Å². The topological polar surface area (TPSA) is 58.6 Å². The van der Waals surface area contributed by atoms with Crippen molar-refractivity contribution in [3.05, 3.63) is 0 Å². The van der Waals surface area contributed by atoms with E-state index in [0.29, 0.717) is 44.3 Å². The highest BCUT2D eigenvalue weighted by Crippen LogP contribution is 1.99. The van der Waals surface area contributed by atoms with Gasteiger partial charge in [0.1, 0.15) is 0 Å². The zero-order valence-electron chi connectivity index (χ0n) is 9.03. The molecule has 0 atom stereocenters. The second kappa shape index (κ2) is 6.92. The molecule has 1 fully saturated rings. The molecule has 0 radical (unpaired) electrons. The van der Waals surface area contributed by atoms with Crippen LogP contribution >= 0.6 is 0 Å². The number of amides is 1. The fourth-order valence-electron chi connectivity index (χ4n) is 1.37. The molecule has 1 aliphatic rings. The van der Waals surface area contributed by atoms with Crippen LogP contribution in [0.1, 0.15) is 0 Å². The first-order chi connectivity index (χ1) is 7.24. The Kier molecular flexibility index (Phi) is 5.82. The molecule has 0 aromatic carbocycles. The molecule has 0 unspecified atom stereocenters. The SMILES string of the molecule is COCCNCC(=O)N1CCS(=O)CC1. The third-order valence-electron chi connectivity index (χ3n) is 2.29. The molecule has 1 amide bonds. The van der Waals surface area contributed by atoms with E-state index in [1.807, 2.05) is 0 Å². The van der Waals surface area contributed by atoms with Crippen LogP contribution in [0.15, 0.2) is 0 Å². The highest BCUT2D eigenvalue weighted by atomic mass is 32.2. The molecule has 1 saturated heterocycles. The first-order valence-corrected chi connectivity index (χ1v) is 6.55. The normalized spacial score (nSPS) is 18.1. The molecule has 0 spiro atoms. The van der Waals surface area contributed by atoms with Crippen LogP contribution in [-0.4, -0.2) is 66.4 Å². The molecule has 1 rings (SSSR count). The molecule has 1 aliphatic heterocycles. The predicted molar refractivity (Wildman–Crippen MR) is 59.2 cm³/mol. The van der Waals surface area contributed by atoms with Crippen molar-refractivity contribution < 1.29 is 13.7 Å². The second-order valence-electron chi connectivity index (χ2n) is 3.40. The fourth-order valence-corrected chi connectivity index (χ4v) is 2.42. The molecule has 0 saturated carbocycles. The van der Waals surface area contributed by atoms with E-state index < -0.39 is 10.8 Å². The van der Waals surface area contributed by atoms with Gasteiger partial charge in [-0.15, -0.1) is 0 Å². The van der Waals surface area contributed by atoms with Gasteiger partial charge in [-0.2, -0.15) is 0 Å². The minimum Gasteiger partial charge on any atom is -0.383 e. The summed E-state index contributed by atoms with van der Waals surface area (Å²) in [6.45, 7) is 2.88. The standard InChI is InChI=1S/C9H18N2O3S/c1-14-5-2-10-8-9(12)11-3-6-15(13)7-4-11/h10H,2-8H2,1H3. The highest BCUT2D eigenvalue weighted by molar-refractivity contribution is 7.85. The summed E-state index contributed by atoms with van der Waals surface area (Å²) in [6.07, 6.45) is 0. The van der Waals surface area contributed by atoms with Crippen molar-refractivity contribution in [3.8, 4) is 0 Å². The van der Waals surface area contributed by atoms with Crippen molar-refractivity contribution in [1.82, 2.24) is 10.2 Å². The van der Waals surface area contributed by atoms with Crippen LogP contribution in [0.2, 0.25) is 0 Å². The summed E-state index contributed by atoms with van der Waals surface area (Å²) in [6, 6.07) is 0. The van der Waals surface area contributed by atoms with Crippen molar-refractivity contribution in [1.29, 1.82) is 0 Å². The van der Waals surface area contributed by atoms with Gasteiger partial charge >= 0.3 is 0 Å². The Balaban J connectivity index is 2.14. The van der Waals surface area contributed by atoms with Crippen LogP contribution in [0.5, 0.6) is 0 Å². The molecule has 0 bridgehead atoms. The minimum absolute atomic E-state index is 0.0859. The van der Waals surface area contributed by atoms with Crippen molar-refractivity contribution in [2.24, 2.45) is 0 Å². The largest absolute Gasteiger partial charge is 0.383 e.